The van der Waals surface area contributed by atoms with Crippen LogP contribution >= 0.6 is 0 Å². The SMILES string of the molecule is CNC(COc1ccc(CCO)cc1)C(=O)O. The number of aliphatic carboxylic acids is 1. The summed E-state index contributed by atoms with van der Waals surface area (Å²) < 4.78 is 5.35. The molecule has 1 rings (SSSR count). The van der Waals surface area contributed by atoms with Crippen LogP contribution < -0.4 is 10.1 Å². The van der Waals surface area contributed by atoms with Gasteiger partial charge in [0.1, 0.15) is 18.4 Å². The highest BCUT2D eigenvalue weighted by atomic mass is 16.5. The fourth-order valence-corrected chi connectivity index (χ4v) is 1.34. The van der Waals surface area contributed by atoms with Gasteiger partial charge in [-0.05, 0) is 31.2 Å². The highest BCUT2D eigenvalue weighted by molar-refractivity contribution is 5.73. The Balaban J connectivity index is 2.49. The van der Waals surface area contributed by atoms with Gasteiger partial charge < -0.3 is 20.3 Å². The highest BCUT2D eigenvalue weighted by Gasteiger charge is 2.15. The molecule has 0 aliphatic carbocycles. The Kier molecular flexibility index (Phi) is 5.45. The smallest absolute Gasteiger partial charge is 0.324 e. The summed E-state index contributed by atoms with van der Waals surface area (Å²) in [6.07, 6.45) is 0.606. The van der Waals surface area contributed by atoms with Crippen LogP contribution in [0.3, 0.4) is 0 Å². The normalized spacial score (nSPS) is 12.1. The van der Waals surface area contributed by atoms with Crippen LogP contribution in [-0.2, 0) is 11.2 Å². The van der Waals surface area contributed by atoms with Gasteiger partial charge in [-0.25, -0.2) is 0 Å². The number of aliphatic hydroxyl groups excluding tert-OH is 1. The molecule has 94 valence electrons. The third-order valence-corrected chi connectivity index (χ3v) is 2.39. The second-order valence-electron chi connectivity index (χ2n) is 3.61. The summed E-state index contributed by atoms with van der Waals surface area (Å²) in [5.74, 6) is -0.322. The molecule has 0 saturated carbocycles. The van der Waals surface area contributed by atoms with Gasteiger partial charge in [-0.1, -0.05) is 12.1 Å². The molecule has 0 spiro atoms. The topological polar surface area (TPSA) is 78.8 Å². The van der Waals surface area contributed by atoms with Crippen LogP contribution in [-0.4, -0.2) is 42.5 Å². The summed E-state index contributed by atoms with van der Waals surface area (Å²) in [6, 6.07) is 6.51. The summed E-state index contributed by atoms with van der Waals surface area (Å²) in [6.45, 7) is 0.187. The van der Waals surface area contributed by atoms with E-state index in [1.807, 2.05) is 12.1 Å². The molecule has 1 unspecified atom stereocenters. The number of nitrogens with one attached hydrogen (secondary N) is 1. The van der Waals surface area contributed by atoms with Crippen molar-refractivity contribution in [2.75, 3.05) is 20.3 Å². The lowest BCUT2D eigenvalue weighted by molar-refractivity contribution is -0.140. The number of hydrogen-bond acceptors (Lipinski definition) is 4. The minimum Gasteiger partial charge on any atom is -0.491 e. The molecule has 3 N–H and O–H groups in total. The van der Waals surface area contributed by atoms with Gasteiger partial charge in [0.2, 0.25) is 0 Å². The lowest BCUT2D eigenvalue weighted by Gasteiger charge is -2.12. The van der Waals surface area contributed by atoms with Crippen LogP contribution in [0.25, 0.3) is 0 Å². The molecule has 0 aromatic heterocycles. The number of carbonyl (C=O) groups is 1. The van der Waals surface area contributed by atoms with Crippen LogP contribution in [0.2, 0.25) is 0 Å². The average Bonchev–Trinajstić information content (AvgIpc) is 2.32. The maximum absolute atomic E-state index is 10.7. The van der Waals surface area contributed by atoms with E-state index in [1.54, 1.807) is 19.2 Å². The molecule has 1 aromatic carbocycles. The van der Waals surface area contributed by atoms with E-state index in [2.05, 4.69) is 5.32 Å². The van der Waals surface area contributed by atoms with Crippen LogP contribution in [0, 0.1) is 0 Å². The third kappa shape index (κ3) is 4.42. The van der Waals surface area contributed by atoms with Crippen molar-refractivity contribution in [1.29, 1.82) is 0 Å². The second kappa shape index (κ2) is 6.88. The maximum Gasteiger partial charge on any atom is 0.324 e. The van der Waals surface area contributed by atoms with Crippen LogP contribution in [0.15, 0.2) is 24.3 Å². The van der Waals surface area contributed by atoms with Gasteiger partial charge in [-0.3, -0.25) is 4.79 Å². The molecular formula is C12H17NO4. The summed E-state index contributed by atoms with van der Waals surface area (Å²) in [5, 5.41) is 20.2. The van der Waals surface area contributed by atoms with Crippen LogP contribution in [0.4, 0.5) is 0 Å². The number of benzene rings is 1. The summed E-state index contributed by atoms with van der Waals surface area (Å²) in [5.41, 5.74) is 1.02. The van der Waals surface area contributed by atoms with Gasteiger partial charge in [-0.15, -0.1) is 0 Å². The van der Waals surface area contributed by atoms with Crippen molar-refractivity contribution in [3.8, 4) is 5.75 Å². The van der Waals surface area contributed by atoms with Gasteiger partial charge in [0, 0.05) is 6.61 Å². The largest absolute Gasteiger partial charge is 0.491 e. The molecule has 5 heteroatoms. The zero-order valence-corrected chi connectivity index (χ0v) is 9.72. The number of likely N-dealkylation sites (N-methyl/N-ethyl adjacent to an activating group) is 1. The zero-order valence-electron chi connectivity index (χ0n) is 9.72. The molecule has 0 bridgehead atoms. The number of rotatable bonds is 7. The van der Waals surface area contributed by atoms with Crippen molar-refractivity contribution in [2.45, 2.75) is 12.5 Å². The first-order valence-electron chi connectivity index (χ1n) is 5.40. The number of aliphatic hydroxyl groups is 1. The van der Waals surface area contributed by atoms with Gasteiger partial charge >= 0.3 is 5.97 Å². The molecule has 1 atom stereocenters. The minimum atomic E-state index is -0.940. The van der Waals surface area contributed by atoms with Crippen molar-refractivity contribution in [2.24, 2.45) is 0 Å². The summed E-state index contributed by atoms with van der Waals surface area (Å²) in [4.78, 5) is 10.7. The minimum absolute atomic E-state index is 0.0746. The molecule has 1 aromatic rings. The van der Waals surface area contributed by atoms with E-state index >= 15 is 0 Å². The predicted octanol–water partition coefficient (Wildman–Crippen LogP) is 0.273. The van der Waals surface area contributed by atoms with Crippen molar-refractivity contribution < 1.29 is 19.7 Å². The van der Waals surface area contributed by atoms with E-state index < -0.39 is 12.0 Å². The molecule has 0 amide bonds. The predicted molar refractivity (Wildman–Crippen MR) is 63.2 cm³/mol. The summed E-state index contributed by atoms with van der Waals surface area (Å²) >= 11 is 0. The van der Waals surface area contributed by atoms with Gasteiger partial charge in [0.15, 0.2) is 0 Å². The van der Waals surface area contributed by atoms with Gasteiger partial charge in [-0.2, -0.15) is 0 Å². The van der Waals surface area contributed by atoms with E-state index in [4.69, 9.17) is 14.9 Å². The van der Waals surface area contributed by atoms with Gasteiger partial charge in [0.05, 0.1) is 0 Å². The molecule has 5 nitrogen and oxygen atoms in total. The monoisotopic (exact) mass is 239 g/mol. The third-order valence-electron chi connectivity index (χ3n) is 2.39. The highest BCUT2D eigenvalue weighted by Crippen LogP contribution is 2.12. The molecule has 0 heterocycles. The molecule has 0 fully saturated rings. The first-order chi connectivity index (χ1) is 8.17. The number of carboxylic acids is 1. The summed E-state index contributed by atoms with van der Waals surface area (Å²) in [7, 11) is 1.58. The quantitative estimate of drug-likeness (QED) is 0.636. The van der Waals surface area contributed by atoms with Crippen molar-refractivity contribution in [1.82, 2.24) is 5.32 Å². The van der Waals surface area contributed by atoms with E-state index in [-0.39, 0.29) is 13.2 Å². The second-order valence-corrected chi connectivity index (χ2v) is 3.61. The number of hydrogen-bond donors (Lipinski definition) is 3. The van der Waals surface area contributed by atoms with E-state index in [0.717, 1.165) is 5.56 Å². The zero-order chi connectivity index (χ0) is 12.7. The number of carboxylic acid groups (broad SMARTS) is 1. The number of ether oxygens (including phenoxy) is 1. The lowest BCUT2D eigenvalue weighted by Crippen LogP contribution is -2.39. The van der Waals surface area contributed by atoms with Crippen LogP contribution in [0.1, 0.15) is 5.56 Å². The average molecular weight is 239 g/mol. The maximum atomic E-state index is 10.7. The molecule has 0 saturated heterocycles. The Bertz CT molecular complexity index is 350. The Hall–Kier alpha value is -1.59. The Morgan fingerprint density at radius 3 is 2.53 bits per heavy atom. The van der Waals surface area contributed by atoms with Crippen molar-refractivity contribution in [3.05, 3.63) is 29.8 Å². The van der Waals surface area contributed by atoms with E-state index in [1.165, 1.54) is 0 Å². The molecule has 17 heavy (non-hydrogen) atoms. The van der Waals surface area contributed by atoms with Gasteiger partial charge in [0.25, 0.3) is 0 Å². The van der Waals surface area contributed by atoms with E-state index in [9.17, 15) is 4.79 Å². The molecule has 0 aliphatic heterocycles. The first kappa shape index (κ1) is 13.5. The molecule has 0 radical (unpaired) electrons. The fraction of sp³-hybridized carbons (Fsp3) is 0.417. The Morgan fingerprint density at radius 1 is 1.41 bits per heavy atom. The lowest BCUT2D eigenvalue weighted by atomic mass is 10.1. The van der Waals surface area contributed by atoms with Crippen molar-refractivity contribution in [3.63, 3.8) is 0 Å². The Morgan fingerprint density at radius 2 is 2.06 bits per heavy atom. The first-order valence-corrected chi connectivity index (χ1v) is 5.40. The molecule has 0 aliphatic rings. The van der Waals surface area contributed by atoms with Crippen molar-refractivity contribution >= 4 is 5.97 Å². The standard InChI is InChI=1S/C12H17NO4/c1-13-11(12(15)16)8-17-10-4-2-9(3-5-10)6-7-14/h2-5,11,13-14H,6-8H2,1H3,(H,15,16). The fourth-order valence-electron chi connectivity index (χ4n) is 1.34. The van der Waals surface area contributed by atoms with Crippen LogP contribution in [0.5, 0.6) is 5.75 Å². The molecular weight excluding hydrogens is 222 g/mol. The Labute approximate surface area is 100 Å². The van der Waals surface area contributed by atoms with E-state index in [0.29, 0.717) is 12.2 Å².